The van der Waals surface area contributed by atoms with E-state index in [1.54, 1.807) is 28.8 Å². The van der Waals surface area contributed by atoms with Crippen LogP contribution in [0.3, 0.4) is 0 Å². The van der Waals surface area contributed by atoms with Crippen LogP contribution in [-0.4, -0.2) is 26.6 Å². The van der Waals surface area contributed by atoms with E-state index >= 15 is 0 Å². The summed E-state index contributed by atoms with van der Waals surface area (Å²) in [4.78, 5) is 23.6. The summed E-state index contributed by atoms with van der Waals surface area (Å²) in [7, 11) is 0. The highest BCUT2D eigenvalue weighted by atomic mass is 35.5. The molecule has 0 aliphatic carbocycles. The van der Waals surface area contributed by atoms with Gasteiger partial charge < -0.3 is 15.2 Å². The maximum atomic E-state index is 12.6. The molecule has 0 bridgehead atoms. The van der Waals surface area contributed by atoms with E-state index in [9.17, 15) is 9.59 Å². The van der Waals surface area contributed by atoms with Crippen molar-refractivity contribution in [1.29, 1.82) is 0 Å². The minimum absolute atomic E-state index is 0.144. The molecule has 23 heavy (non-hydrogen) atoms. The largest absolute Gasteiger partial charge is 0.349 e. The molecule has 0 spiro atoms. The molecule has 1 atom stereocenters. The Hall–Kier alpha value is -2.41. The minimum atomic E-state index is -0.386. The zero-order valence-electron chi connectivity index (χ0n) is 12.5. The molecule has 1 aromatic carbocycles. The van der Waals surface area contributed by atoms with Crippen molar-refractivity contribution in [2.45, 2.75) is 32.4 Å². The van der Waals surface area contributed by atoms with Gasteiger partial charge in [-0.1, -0.05) is 17.7 Å². The zero-order chi connectivity index (χ0) is 16.4. The van der Waals surface area contributed by atoms with Crippen molar-refractivity contribution in [2.24, 2.45) is 0 Å². The van der Waals surface area contributed by atoms with E-state index in [0.717, 1.165) is 5.82 Å². The molecule has 1 aliphatic heterocycles. The van der Waals surface area contributed by atoms with Gasteiger partial charge in [0.05, 0.1) is 6.54 Å². The molecule has 2 N–H and O–H groups in total. The third-order valence-corrected chi connectivity index (χ3v) is 3.92. The smallest absolute Gasteiger partial charge is 0.247 e. The van der Waals surface area contributed by atoms with Gasteiger partial charge in [-0.15, -0.1) is 10.2 Å². The number of carbonyl (C=O) groups is 2. The van der Waals surface area contributed by atoms with E-state index in [1.165, 1.54) is 6.92 Å². The number of benzene rings is 1. The topological polar surface area (TPSA) is 88.9 Å². The average molecular weight is 334 g/mol. The lowest BCUT2D eigenvalue weighted by Crippen LogP contribution is -2.27. The average Bonchev–Trinajstić information content (AvgIpc) is 3.06. The number of anilines is 1. The molecule has 0 saturated carbocycles. The van der Waals surface area contributed by atoms with Gasteiger partial charge in [0.25, 0.3) is 0 Å². The van der Waals surface area contributed by atoms with E-state index in [4.69, 9.17) is 11.6 Å². The molecule has 2 heterocycles. The molecule has 1 unspecified atom stereocenters. The summed E-state index contributed by atoms with van der Waals surface area (Å²) in [6.07, 6.45) is 1.34. The lowest BCUT2D eigenvalue weighted by Gasteiger charge is -2.15. The molecule has 7 nitrogen and oxygen atoms in total. The number of hydrogen-bond acceptors (Lipinski definition) is 4. The standard InChI is InChI=1S/C15H16ClN5O2/c1-9(22)17-8-14-20-19-13-6-5-12(21(13)14)15(23)18-11-4-2-3-10(16)7-11/h2-4,7,12H,5-6,8H2,1H3,(H,17,22)(H,18,23). The van der Waals surface area contributed by atoms with Crippen LogP contribution >= 0.6 is 11.6 Å². The van der Waals surface area contributed by atoms with Crippen LogP contribution in [0, 0.1) is 0 Å². The molecular weight excluding hydrogens is 318 g/mol. The predicted octanol–water partition coefficient (Wildman–Crippen LogP) is 1.69. The second-order valence-corrected chi connectivity index (χ2v) is 5.80. The summed E-state index contributed by atoms with van der Waals surface area (Å²) in [5, 5.41) is 14.3. The number of rotatable bonds is 4. The molecule has 120 valence electrons. The van der Waals surface area contributed by atoms with Crippen molar-refractivity contribution in [3.05, 3.63) is 40.9 Å². The SMILES string of the molecule is CC(=O)NCc1nnc2n1C(C(=O)Nc1cccc(Cl)c1)CC2. The molecule has 3 rings (SSSR count). The number of nitrogens with one attached hydrogen (secondary N) is 2. The van der Waals surface area contributed by atoms with Crippen LogP contribution in [0.1, 0.15) is 31.0 Å². The van der Waals surface area contributed by atoms with E-state index in [2.05, 4.69) is 20.8 Å². The van der Waals surface area contributed by atoms with Crippen LogP contribution in [0.5, 0.6) is 0 Å². The van der Waals surface area contributed by atoms with E-state index in [0.29, 0.717) is 29.4 Å². The number of aryl methyl sites for hydroxylation is 1. The van der Waals surface area contributed by atoms with E-state index in [1.807, 2.05) is 0 Å². The van der Waals surface area contributed by atoms with Crippen LogP contribution in [0.2, 0.25) is 5.02 Å². The fourth-order valence-corrected chi connectivity index (χ4v) is 2.84. The van der Waals surface area contributed by atoms with Crippen molar-refractivity contribution < 1.29 is 9.59 Å². The first-order chi connectivity index (χ1) is 11.0. The lowest BCUT2D eigenvalue weighted by atomic mass is 10.2. The Bertz CT molecular complexity index is 758. The van der Waals surface area contributed by atoms with Gasteiger partial charge in [0, 0.05) is 24.1 Å². The number of hydrogen-bond donors (Lipinski definition) is 2. The molecule has 0 saturated heterocycles. The second kappa shape index (κ2) is 6.37. The molecule has 1 aliphatic rings. The van der Waals surface area contributed by atoms with Crippen LogP contribution in [0.4, 0.5) is 5.69 Å². The molecule has 1 aromatic heterocycles. The Morgan fingerprint density at radius 2 is 2.22 bits per heavy atom. The van der Waals surface area contributed by atoms with E-state index < -0.39 is 0 Å². The lowest BCUT2D eigenvalue weighted by molar-refractivity contribution is -0.119. The third-order valence-electron chi connectivity index (χ3n) is 3.68. The first kappa shape index (κ1) is 15.5. The van der Waals surface area contributed by atoms with Gasteiger partial charge in [0.15, 0.2) is 5.82 Å². The zero-order valence-corrected chi connectivity index (χ0v) is 13.3. The summed E-state index contributed by atoms with van der Waals surface area (Å²) in [5.74, 6) is 1.05. The molecular formula is C15H16ClN5O2. The van der Waals surface area contributed by atoms with Crippen LogP contribution in [0.15, 0.2) is 24.3 Å². The monoisotopic (exact) mass is 333 g/mol. The normalized spacial score (nSPS) is 16.0. The number of aromatic nitrogens is 3. The summed E-state index contributed by atoms with van der Waals surface area (Å²) in [6, 6.07) is 6.61. The van der Waals surface area contributed by atoms with Gasteiger partial charge in [0.1, 0.15) is 11.9 Å². The Morgan fingerprint density at radius 1 is 1.39 bits per heavy atom. The minimum Gasteiger partial charge on any atom is -0.349 e. The molecule has 0 radical (unpaired) electrons. The Balaban J connectivity index is 1.77. The van der Waals surface area contributed by atoms with Gasteiger partial charge in [-0.2, -0.15) is 0 Å². The van der Waals surface area contributed by atoms with Crippen molar-refractivity contribution in [3.8, 4) is 0 Å². The van der Waals surface area contributed by atoms with Crippen LogP contribution in [-0.2, 0) is 22.6 Å². The van der Waals surface area contributed by atoms with Crippen molar-refractivity contribution in [3.63, 3.8) is 0 Å². The fourth-order valence-electron chi connectivity index (χ4n) is 2.65. The van der Waals surface area contributed by atoms with Crippen molar-refractivity contribution >= 4 is 29.1 Å². The summed E-state index contributed by atoms with van der Waals surface area (Å²) >= 11 is 5.93. The number of fused-ring (bicyclic) bond motifs is 1. The van der Waals surface area contributed by atoms with Crippen molar-refractivity contribution in [2.75, 3.05) is 5.32 Å². The van der Waals surface area contributed by atoms with Gasteiger partial charge in [-0.25, -0.2) is 0 Å². The number of amides is 2. The Kier molecular flexibility index (Phi) is 4.29. The van der Waals surface area contributed by atoms with E-state index in [-0.39, 0.29) is 24.4 Å². The van der Waals surface area contributed by atoms with Gasteiger partial charge in [0.2, 0.25) is 11.8 Å². The molecule has 8 heteroatoms. The van der Waals surface area contributed by atoms with Crippen molar-refractivity contribution in [1.82, 2.24) is 20.1 Å². The Morgan fingerprint density at radius 3 is 2.96 bits per heavy atom. The first-order valence-electron chi connectivity index (χ1n) is 7.28. The summed E-state index contributed by atoms with van der Waals surface area (Å²) in [6.45, 7) is 1.69. The third kappa shape index (κ3) is 3.34. The summed E-state index contributed by atoms with van der Waals surface area (Å²) in [5.41, 5.74) is 0.646. The summed E-state index contributed by atoms with van der Waals surface area (Å²) < 4.78 is 1.80. The Labute approximate surface area is 138 Å². The second-order valence-electron chi connectivity index (χ2n) is 5.37. The van der Waals surface area contributed by atoms with Gasteiger partial charge >= 0.3 is 0 Å². The number of carbonyl (C=O) groups excluding carboxylic acids is 2. The molecule has 0 fully saturated rings. The first-order valence-corrected chi connectivity index (χ1v) is 7.66. The maximum absolute atomic E-state index is 12.6. The van der Waals surface area contributed by atoms with Gasteiger partial charge in [-0.05, 0) is 24.6 Å². The fraction of sp³-hybridized carbons (Fsp3) is 0.333. The number of halogens is 1. The molecule has 2 aromatic rings. The highest BCUT2D eigenvalue weighted by molar-refractivity contribution is 6.30. The quantitative estimate of drug-likeness (QED) is 0.891. The highest BCUT2D eigenvalue weighted by Gasteiger charge is 2.32. The maximum Gasteiger partial charge on any atom is 0.247 e. The highest BCUT2D eigenvalue weighted by Crippen LogP contribution is 2.27. The predicted molar refractivity (Wildman–Crippen MR) is 85.0 cm³/mol. The number of nitrogens with zero attached hydrogens (tertiary/aromatic N) is 3. The van der Waals surface area contributed by atoms with Crippen LogP contribution in [0.25, 0.3) is 0 Å². The van der Waals surface area contributed by atoms with Crippen LogP contribution < -0.4 is 10.6 Å². The van der Waals surface area contributed by atoms with Gasteiger partial charge in [-0.3, -0.25) is 9.59 Å². The molecule has 2 amide bonds.